The highest BCUT2D eigenvalue weighted by Crippen LogP contribution is 2.60. The van der Waals surface area contributed by atoms with Gasteiger partial charge in [0.05, 0.1) is 24.5 Å². The Morgan fingerprint density at radius 2 is 1.70 bits per heavy atom. The molecule has 0 spiro atoms. The van der Waals surface area contributed by atoms with E-state index in [1.54, 1.807) is 0 Å². The van der Waals surface area contributed by atoms with Gasteiger partial charge in [-0.3, -0.25) is 14.5 Å². The number of amides is 2. The molecule has 2 bridgehead atoms. The molecule has 4 fully saturated rings. The summed E-state index contributed by atoms with van der Waals surface area (Å²) in [4.78, 5) is 27.4. The van der Waals surface area contributed by atoms with Crippen LogP contribution < -0.4 is 0 Å². The highest BCUT2D eigenvalue weighted by molar-refractivity contribution is 9.12. The topological polar surface area (TPSA) is 46.6 Å². The third-order valence-corrected chi connectivity index (χ3v) is 8.70. The first-order valence-electron chi connectivity index (χ1n) is 7.34. The van der Waals surface area contributed by atoms with Crippen molar-refractivity contribution in [1.82, 2.24) is 4.90 Å². The molecule has 0 unspecified atom stereocenters. The lowest BCUT2D eigenvalue weighted by molar-refractivity contribution is -0.142. The first-order chi connectivity index (χ1) is 9.59. The zero-order valence-corrected chi connectivity index (χ0v) is 14.2. The van der Waals surface area contributed by atoms with Gasteiger partial charge in [-0.2, -0.15) is 0 Å². The number of hydrogen-bond acceptors (Lipinski definition) is 3. The Balaban J connectivity index is 1.57. The van der Waals surface area contributed by atoms with E-state index in [4.69, 9.17) is 4.74 Å². The molecule has 2 aliphatic heterocycles. The lowest BCUT2D eigenvalue weighted by Gasteiger charge is -2.28. The number of fused-ring (bicyclic) bond motifs is 5. The molecule has 6 heteroatoms. The van der Waals surface area contributed by atoms with Crippen LogP contribution in [0.4, 0.5) is 0 Å². The number of nitrogens with zero attached hydrogens (tertiary/aromatic N) is 1. The zero-order valence-electron chi connectivity index (χ0n) is 11.0. The summed E-state index contributed by atoms with van der Waals surface area (Å²) < 4.78 is 5.58. The predicted molar refractivity (Wildman–Crippen MR) is 79.7 cm³/mol. The molecule has 20 heavy (non-hydrogen) atoms. The first-order valence-corrected chi connectivity index (χ1v) is 9.17. The molecule has 4 rings (SSSR count). The zero-order chi connectivity index (χ0) is 14.0. The van der Waals surface area contributed by atoms with E-state index in [-0.39, 0.29) is 29.8 Å². The number of carbonyl (C=O) groups excluding carboxylic acids is 2. The number of rotatable bonds is 2. The molecule has 2 aliphatic carbocycles. The van der Waals surface area contributed by atoms with Crippen LogP contribution in [0.5, 0.6) is 0 Å². The summed E-state index contributed by atoms with van der Waals surface area (Å²) in [6.07, 6.45) is 3.04. The molecule has 0 aromatic heterocycles. The molecule has 2 saturated carbocycles. The molecule has 7 atom stereocenters. The summed E-state index contributed by atoms with van der Waals surface area (Å²) in [7, 11) is 0. The maximum absolute atomic E-state index is 12.6. The van der Waals surface area contributed by atoms with Crippen LogP contribution in [0.3, 0.4) is 0 Å². The Labute approximate surface area is 134 Å². The monoisotopic (exact) mass is 405 g/mol. The van der Waals surface area contributed by atoms with Crippen molar-refractivity contribution >= 4 is 43.7 Å². The number of ether oxygens (including phenoxy) is 1. The normalized spacial score (nSPS) is 50.3. The minimum Gasteiger partial charge on any atom is -0.376 e. The third-order valence-electron chi connectivity index (χ3n) is 5.49. The highest BCUT2D eigenvalue weighted by Gasteiger charge is 2.66. The molecular formula is C14H17Br2NO3. The molecule has 0 aromatic rings. The van der Waals surface area contributed by atoms with Crippen molar-refractivity contribution in [3.63, 3.8) is 0 Å². The van der Waals surface area contributed by atoms with Gasteiger partial charge >= 0.3 is 0 Å². The van der Waals surface area contributed by atoms with Crippen molar-refractivity contribution in [3.8, 4) is 0 Å². The number of imide groups is 1. The summed E-state index contributed by atoms with van der Waals surface area (Å²) >= 11 is 7.40. The number of likely N-dealkylation sites (tertiary alicyclic amines) is 1. The summed E-state index contributed by atoms with van der Waals surface area (Å²) in [6, 6.07) is 0. The molecule has 2 saturated heterocycles. The highest BCUT2D eigenvalue weighted by atomic mass is 79.9. The average molecular weight is 407 g/mol. The van der Waals surface area contributed by atoms with Crippen molar-refractivity contribution in [2.75, 3.05) is 13.2 Å². The van der Waals surface area contributed by atoms with Crippen LogP contribution >= 0.6 is 31.9 Å². The van der Waals surface area contributed by atoms with E-state index in [9.17, 15) is 9.59 Å². The van der Waals surface area contributed by atoms with Crippen LogP contribution in [0.25, 0.3) is 0 Å². The molecule has 0 radical (unpaired) electrons. The Hall–Kier alpha value is 0.0600. The van der Waals surface area contributed by atoms with Gasteiger partial charge in [0.15, 0.2) is 0 Å². The van der Waals surface area contributed by atoms with Crippen molar-refractivity contribution in [3.05, 3.63) is 0 Å². The SMILES string of the molecule is O=C1[C@@H]2[C@@H]3C[C@@H]([C@@H](Br)[C@H]3Br)[C@@H]2C(=O)N1C[C@@H]1CCCO1. The summed E-state index contributed by atoms with van der Waals surface area (Å²) in [5.74, 6) is 0.526. The Morgan fingerprint density at radius 1 is 1.10 bits per heavy atom. The minimum absolute atomic E-state index is 0.0480. The predicted octanol–water partition coefficient (Wildman–Crippen LogP) is 1.94. The molecule has 110 valence electrons. The largest absolute Gasteiger partial charge is 0.376 e. The second-order valence-corrected chi connectivity index (χ2v) is 8.54. The molecule has 2 heterocycles. The molecule has 0 N–H and O–H groups in total. The lowest BCUT2D eigenvalue weighted by Crippen LogP contribution is -2.38. The number of alkyl halides is 2. The van der Waals surface area contributed by atoms with Crippen LogP contribution in [0.15, 0.2) is 0 Å². The van der Waals surface area contributed by atoms with Gasteiger partial charge in [-0.05, 0) is 31.1 Å². The van der Waals surface area contributed by atoms with Gasteiger partial charge in [-0.25, -0.2) is 0 Å². The fourth-order valence-electron chi connectivity index (χ4n) is 4.58. The van der Waals surface area contributed by atoms with Gasteiger partial charge in [0.1, 0.15) is 0 Å². The number of carbonyl (C=O) groups is 2. The van der Waals surface area contributed by atoms with E-state index >= 15 is 0 Å². The van der Waals surface area contributed by atoms with Crippen LogP contribution in [0, 0.1) is 23.7 Å². The number of hydrogen-bond donors (Lipinski definition) is 0. The van der Waals surface area contributed by atoms with E-state index in [1.807, 2.05) is 0 Å². The average Bonchev–Trinajstić information content (AvgIpc) is 3.15. The van der Waals surface area contributed by atoms with Gasteiger partial charge < -0.3 is 4.74 Å². The Kier molecular flexibility index (Phi) is 3.28. The van der Waals surface area contributed by atoms with Gasteiger partial charge in [-0.1, -0.05) is 31.9 Å². The van der Waals surface area contributed by atoms with Crippen LogP contribution in [0.2, 0.25) is 0 Å². The third kappa shape index (κ3) is 1.73. The molecular weight excluding hydrogens is 390 g/mol. The van der Waals surface area contributed by atoms with E-state index in [1.165, 1.54) is 4.90 Å². The molecule has 4 aliphatic rings. The minimum atomic E-state index is -0.0907. The van der Waals surface area contributed by atoms with Gasteiger partial charge in [0, 0.05) is 16.3 Å². The van der Waals surface area contributed by atoms with Crippen molar-refractivity contribution in [2.24, 2.45) is 23.7 Å². The summed E-state index contributed by atoms with van der Waals surface area (Å²) in [5.41, 5.74) is 0. The maximum Gasteiger partial charge on any atom is 0.233 e. The van der Waals surface area contributed by atoms with E-state index in [0.29, 0.717) is 28.0 Å². The smallest absolute Gasteiger partial charge is 0.233 e. The maximum atomic E-state index is 12.6. The fraction of sp³-hybridized carbons (Fsp3) is 0.857. The van der Waals surface area contributed by atoms with E-state index in [2.05, 4.69) is 31.9 Å². The Bertz CT molecular complexity index is 433. The standard InChI is InChI=1S/C14H17Br2NO3/c15-11-7-4-8(12(11)16)10-9(7)13(18)17(14(10)19)5-6-2-1-3-20-6/h6-12H,1-5H2/t6-,7-,8+,9+,10-,11-,12+/m0/s1. The Morgan fingerprint density at radius 3 is 2.20 bits per heavy atom. The quantitative estimate of drug-likeness (QED) is 0.520. The van der Waals surface area contributed by atoms with Crippen LogP contribution in [-0.4, -0.2) is 45.6 Å². The molecule has 2 amide bonds. The number of halogens is 2. The second kappa shape index (κ2) is 4.78. The van der Waals surface area contributed by atoms with Gasteiger partial charge in [0.2, 0.25) is 11.8 Å². The van der Waals surface area contributed by atoms with Crippen molar-refractivity contribution in [1.29, 1.82) is 0 Å². The van der Waals surface area contributed by atoms with Crippen LogP contribution in [-0.2, 0) is 14.3 Å². The summed E-state index contributed by atoms with van der Waals surface area (Å²) in [5, 5.41) is 0. The van der Waals surface area contributed by atoms with Crippen molar-refractivity contribution in [2.45, 2.75) is 35.0 Å². The van der Waals surface area contributed by atoms with Gasteiger partial charge in [0.25, 0.3) is 0 Å². The summed E-state index contributed by atoms with van der Waals surface area (Å²) in [6.45, 7) is 1.22. The van der Waals surface area contributed by atoms with Crippen molar-refractivity contribution < 1.29 is 14.3 Å². The van der Waals surface area contributed by atoms with Gasteiger partial charge in [-0.15, -0.1) is 0 Å². The fourth-order valence-corrected chi connectivity index (χ4v) is 6.46. The van der Waals surface area contributed by atoms with E-state index in [0.717, 1.165) is 25.9 Å². The lowest BCUT2D eigenvalue weighted by atomic mass is 9.81. The first kappa shape index (κ1) is 13.7. The molecule has 0 aromatic carbocycles. The van der Waals surface area contributed by atoms with Crippen LogP contribution in [0.1, 0.15) is 19.3 Å². The van der Waals surface area contributed by atoms with E-state index < -0.39 is 0 Å². The molecule has 4 nitrogen and oxygen atoms in total. The second-order valence-electron chi connectivity index (χ2n) is 6.43.